The Hall–Kier alpha value is -1.53. The lowest BCUT2D eigenvalue weighted by molar-refractivity contribution is -0.00529. The van der Waals surface area contributed by atoms with Crippen molar-refractivity contribution in [3.05, 3.63) is 18.9 Å². The molecule has 0 unspecified atom stereocenters. The Morgan fingerprint density at radius 2 is 2.18 bits per heavy atom. The molecule has 0 aromatic carbocycles. The number of imidazole rings is 1. The third-order valence-electron chi connectivity index (χ3n) is 3.68. The highest BCUT2D eigenvalue weighted by Crippen LogP contribution is 2.44. The molecule has 3 rings (SSSR count). The summed E-state index contributed by atoms with van der Waals surface area (Å²) in [5, 5.41) is 18.5. The summed E-state index contributed by atoms with van der Waals surface area (Å²) in [6.07, 6.45) is 5.77. The van der Waals surface area contributed by atoms with Gasteiger partial charge in [0.1, 0.15) is 11.8 Å². The monoisotopic (exact) mass is 234 g/mol. The highest BCUT2D eigenvalue weighted by atomic mass is 16.3. The van der Waals surface area contributed by atoms with Crippen LogP contribution in [0.3, 0.4) is 0 Å². The first-order valence-corrected chi connectivity index (χ1v) is 5.69. The first-order chi connectivity index (χ1) is 8.35. The molecule has 1 aliphatic carbocycles. The van der Waals surface area contributed by atoms with Gasteiger partial charge in [-0.2, -0.15) is 0 Å². The Labute approximate surface area is 98.0 Å². The third kappa shape index (κ3) is 1.52. The van der Waals surface area contributed by atoms with Gasteiger partial charge in [-0.1, -0.05) is 0 Å². The maximum absolute atomic E-state index is 9.35. The highest BCUT2D eigenvalue weighted by Gasteiger charge is 2.41. The molecule has 0 radical (unpaired) electrons. The number of nitrogens with zero attached hydrogens (tertiary/aromatic N) is 4. The van der Waals surface area contributed by atoms with Gasteiger partial charge in [0.05, 0.1) is 12.5 Å². The third-order valence-corrected chi connectivity index (χ3v) is 3.68. The van der Waals surface area contributed by atoms with Crippen molar-refractivity contribution in [1.82, 2.24) is 19.5 Å². The van der Waals surface area contributed by atoms with Crippen LogP contribution in [0, 0.1) is 11.8 Å². The van der Waals surface area contributed by atoms with Crippen molar-refractivity contribution in [2.75, 3.05) is 13.2 Å². The molecule has 0 amide bonds. The van der Waals surface area contributed by atoms with Crippen LogP contribution in [-0.2, 0) is 0 Å². The minimum absolute atomic E-state index is 0.0840. The van der Waals surface area contributed by atoms with Gasteiger partial charge in [-0.25, -0.2) is 15.0 Å². The van der Waals surface area contributed by atoms with E-state index < -0.39 is 0 Å². The zero-order valence-corrected chi connectivity index (χ0v) is 9.27. The van der Waals surface area contributed by atoms with Gasteiger partial charge in [0.2, 0.25) is 0 Å². The van der Waals surface area contributed by atoms with Crippen LogP contribution in [0.5, 0.6) is 0 Å². The smallest absolute Gasteiger partial charge is 0.163 e. The molecular formula is C11H14N4O2. The number of aliphatic hydroxyl groups is 2. The molecule has 90 valence electrons. The molecule has 17 heavy (non-hydrogen) atoms. The molecule has 1 saturated carbocycles. The molecule has 1 aliphatic rings. The fraction of sp³-hybridized carbons (Fsp3) is 0.545. The lowest BCUT2D eigenvalue weighted by Gasteiger charge is -2.43. The standard InChI is InChI=1S/C11H14N4O2/c16-3-7-1-10(8(7)4-17)15-6-14-9-2-12-5-13-11(9)15/h2,5-8,10,16-17H,1,3-4H2/t7-,8-,10-/m1/s1. The van der Waals surface area contributed by atoms with Gasteiger partial charge in [-0.3, -0.25) is 0 Å². The van der Waals surface area contributed by atoms with E-state index in [-0.39, 0.29) is 31.1 Å². The van der Waals surface area contributed by atoms with Crippen LogP contribution in [0.1, 0.15) is 12.5 Å². The first kappa shape index (κ1) is 10.6. The number of aliphatic hydroxyl groups excluding tert-OH is 2. The molecule has 3 atom stereocenters. The lowest BCUT2D eigenvalue weighted by atomic mass is 9.70. The van der Waals surface area contributed by atoms with E-state index in [2.05, 4.69) is 15.0 Å². The second-order valence-electron chi connectivity index (χ2n) is 4.48. The van der Waals surface area contributed by atoms with E-state index in [1.54, 1.807) is 12.5 Å². The van der Waals surface area contributed by atoms with E-state index in [1.165, 1.54) is 6.33 Å². The van der Waals surface area contributed by atoms with Gasteiger partial charge >= 0.3 is 0 Å². The maximum atomic E-state index is 9.35. The second-order valence-corrected chi connectivity index (χ2v) is 4.48. The summed E-state index contributed by atoms with van der Waals surface area (Å²) in [4.78, 5) is 12.4. The zero-order valence-electron chi connectivity index (χ0n) is 9.27. The molecule has 1 fully saturated rings. The Bertz CT molecular complexity index is 527. The fourth-order valence-corrected chi connectivity index (χ4v) is 2.61. The second kappa shape index (κ2) is 4.05. The average molecular weight is 234 g/mol. The summed E-state index contributed by atoms with van der Waals surface area (Å²) in [5.41, 5.74) is 1.55. The minimum atomic E-state index is 0.0840. The van der Waals surface area contributed by atoms with E-state index in [9.17, 15) is 5.11 Å². The Morgan fingerprint density at radius 3 is 2.94 bits per heavy atom. The van der Waals surface area contributed by atoms with Gasteiger partial charge in [0.25, 0.3) is 0 Å². The Morgan fingerprint density at radius 1 is 1.29 bits per heavy atom. The normalized spacial score (nSPS) is 28.2. The van der Waals surface area contributed by atoms with E-state index in [1.807, 2.05) is 4.57 Å². The highest BCUT2D eigenvalue weighted by molar-refractivity contribution is 5.69. The van der Waals surface area contributed by atoms with Gasteiger partial charge in [0, 0.05) is 25.2 Å². The molecule has 2 aromatic heterocycles. The molecule has 0 saturated heterocycles. The molecule has 0 aliphatic heterocycles. The SMILES string of the molecule is OC[C@H]1C[C@@H](n2cnc3cncnc32)[C@@H]1CO. The summed E-state index contributed by atoms with van der Waals surface area (Å²) in [6.45, 7) is 0.212. The van der Waals surface area contributed by atoms with Crippen LogP contribution < -0.4 is 0 Å². The van der Waals surface area contributed by atoms with Crippen LogP contribution >= 0.6 is 0 Å². The first-order valence-electron chi connectivity index (χ1n) is 5.69. The molecule has 6 heteroatoms. The van der Waals surface area contributed by atoms with E-state index >= 15 is 0 Å². The van der Waals surface area contributed by atoms with Crippen molar-refractivity contribution in [1.29, 1.82) is 0 Å². The predicted octanol–water partition coefficient (Wildman–Crippen LogP) is -0.0119. The van der Waals surface area contributed by atoms with E-state index in [0.29, 0.717) is 0 Å². The molecule has 6 nitrogen and oxygen atoms in total. The van der Waals surface area contributed by atoms with Crippen LogP contribution in [0.4, 0.5) is 0 Å². The minimum Gasteiger partial charge on any atom is -0.396 e. The van der Waals surface area contributed by atoms with Crippen LogP contribution in [0.2, 0.25) is 0 Å². The van der Waals surface area contributed by atoms with Gasteiger partial charge in [-0.05, 0) is 12.3 Å². The van der Waals surface area contributed by atoms with E-state index in [0.717, 1.165) is 17.6 Å². The summed E-state index contributed by atoms with van der Waals surface area (Å²) >= 11 is 0. The summed E-state index contributed by atoms with van der Waals surface area (Å²) < 4.78 is 1.98. The predicted molar refractivity (Wildman–Crippen MR) is 60.1 cm³/mol. The molecule has 2 heterocycles. The average Bonchev–Trinajstić information content (AvgIpc) is 2.73. The van der Waals surface area contributed by atoms with Gasteiger partial charge < -0.3 is 14.8 Å². The topological polar surface area (TPSA) is 84.1 Å². The number of fused-ring (bicyclic) bond motifs is 1. The van der Waals surface area contributed by atoms with Crippen LogP contribution in [-0.4, -0.2) is 42.9 Å². The largest absolute Gasteiger partial charge is 0.396 e. The van der Waals surface area contributed by atoms with Crippen molar-refractivity contribution < 1.29 is 10.2 Å². The van der Waals surface area contributed by atoms with Crippen molar-refractivity contribution in [2.24, 2.45) is 11.8 Å². The number of hydrogen-bond acceptors (Lipinski definition) is 5. The Balaban J connectivity index is 1.95. The summed E-state index contributed by atoms with van der Waals surface area (Å²) in [5.74, 6) is 0.275. The number of rotatable bonds is 3. The number of aromatic nitrogens is 4. The van der Waals surface area contributed by atoms with Crippen molar-refractivity contribution in [3.8, 4) is 0 Å². The quantitative estimate of drug-likeness (QED) is 0.780. The van der Waals surface area contributed by atoms with Crippen LogP contribution in [0.25, 0.3) is 11.2 Å². The van der Waals surface area contributed by atoms with Crippen molar-refractivity contribution >= 4 is 11.2 Å². The molecular weight excluding hydrogens is 220 g/mol. The molecule has 0 spiro atoms. The van der Waals surface area contributed by atoms with Gasteiger partial charge in [-0.15, -0.1) is 0 Å². The summed E-state index contributed by atoms with van der Waals surface area (Å²) in [6, 6.07) is 0.178. The zero-order chi connectivity index (χ0) is 11.8. The Kier molecular flexibility index (Phi) is 2.53. The van der Waals surface area contributed by atoms with Crippen LogP contribution in [0.15, 0.2) is 18.9 Å². The lowest BCUT2D eigenvalue weighted by Crippen LogP contribution is -2.42. The maximum Gasteiger partial charge on any atom is 0.163 e. The molecule has 0 bridgehead atoms. The molecule has 2 aromatic rings. The van der Waals surface area contributed by atoms with Crippen molar-refractivity contribution in [2.45, 2.75) is 12.5 Å². The summed E-state index contributed by atoms with van der Waals surface area (Å²) in [7, 11) is 0. The number of hydrogen-bond donors (Lipinski definition) is 2. The molecule has 2 N–H and O–H groups in total. The van der Waals surface area contributed by atoms with Crippen molar-refractivity contribution in [3.63, 3.8) is 0 Å². The van der Waals surface area contributed by atoms with E-state index in [4.69, 9.17) is 5.11 Å². The fourth-order valence-electron chi connectivity index (χ4n) is 2.61. The van der Waals surface area contributed by atoms with Gasteiger partial charge in [0.15, 0.2) is 5.65 Å².